The topological polar surface area (TPSA) is 39.7 Å². The predicted molar refractivity (Wildman–Crippen MR) is 58.9 cm³/mol. The molecule has 0 bridgehead atoms. The third-order valence-corrected chi connectivity index (χ3v) is 3.16. The number of rotatable bonds is 3. The van der Waals surface area contributed by atoms with Crippen LogP contribution in [-0.2, 0) is 11.4 Å². The Hall–Kier alpha value is -0.780. The van der Waals surface area contributed by atoms with Crippen LogP contribution in [0.3, 0.4) is 0 Å². The Bertz CT molecular complexity index is 381. The normalized spacial score (nSPS) is 13.3. The minimum atomic E-state index is 0.286. The summed E-state index contributed by atoms with van der Waals surface area (Å²) in [7, 11) is 1.59. The summed E-state index contributed by atoms with van der Waals surface area (Å²) < 4.78 is 11.6. The van der Waals surface area contributed by atoms with Gasteiger partial charge < -0.3 is 14.3 Å². The molecule has 0 unspecified atom stereocenters. The van der Waals surface area contributed by atoms with Crippen molar-refractivity contribution >= 4 is 15.9 Å². The highest BCUT2D eigenvalue weighted by Gasteiger charge is 2.21. The van der Waals surface area contributed by atoms with E-state index in [1.807, 2.05) is 13.0 Å². The number of ether oxygens (including phenoxy) is 2. The first-order valence-corrected chi connectivity index (χ1v) is 5.36. The maximum absolute atomic E-state index is 5.37. The van der Waals surface area contributed by atoms with Crippen molar-refractivity contribution in [3.8, 4) is 11.5 Å². The maximum atomic E-state index is 5.37. The molecule has 0 aliphatic carbocycles. The van der Waals surface area contributed by atoms with E-state index in [4.69, 9.17) is 14.3 Å². The molecule has 1 aliphatic heterocycles. The molecule has 1 heterocycles. The first-order valence-electron chi connectivity index (χ1n) is 4.57. The van der Waals surface area contributed by atoms with E-state index in [-0.39, 0.29) is 6.79 Å². The van der Waals surface area contributed by atoms with Crippen molar-refractivity contribution in [1.29, 1.82) is 0 Å². The van der Waals surface area contributed by atoms with Gasteiger partial charge in [-0.3, -0.25) is 0 Å². The first-order chi connectivity index (χ1) is 7.24. The Balaban J connectivity index is 2.37. The van der Waals surface area contributed by atoms with Gasteiger partial charge in [0.1, 0.15) is 0 Å². The van der Waals surface area contributed by atoms with Gasteiger partial charge >= 0.3 is 0 Å². The zero-order valence-electron chi connectivity index (χ0n) is 8.59. The van der Waals surface area contributed by atoms with Crippen molar-refractivity contribution < 1.29 is 14.3 Å². The molecule has 1 aromatic rings. The Kier molecular flexibility index (Phi) is 3.14. The highest BCUT2D eigenvalue weighted by molar-refractivity contribution is 9.10. The average Bonchev–Trinajstić information content (AvgIpc) is 2.65. The third kappa shape index (κ3) is 1.95. The van der Waals surface area contributed by atoms with Crippen LogP contribution in [-0.4, -0.2) is 13.9 Å². The van der Waals surface area contributed by atoms with Gasteiger partial charge in [0.05, 0.1) is 11.6 Å². The van der Waals surface area contributed by atoms with Crippen LogP contribution in [0.1, 0.15) is 11.1 Å². The summed E-state index contributed by atoms with van der Waals surface area (Å²) in [5.41, 5.74) is 5.06. The second-order valence-electron chi connectivity index (χ2n) is 3.25. The van der Waals surface area contributed by atoms with Crippen LogP contribution in [0, 0.1) is 6.92 Å². The van der Waals surface area contributed by atoms with Crippen LogP contribution in [0.25, 0.3) is 0 Å². The molecule has 5 heteroatoms. The Morgan fingerprint density at radius 1 is 1.53 bits per heavy atom. The minimum absolute atomic E-state index is 0.286. The molecule has 82 valence electrons. The van der Waals surface area contributed by atoms with Crippen LogP contribution >= 0.6 is 15.9 Å². The molecule has 1 aromatic carbocycles. The summed E-state index contributed by atoms with van der Waals surface area (Å²) in [5.74, 6) is 1.56. The summed E-state index contributed by atoms with van der Waals surface area (Å²) in [6.07, 6.45) is 0. The molecule has 0 saturated carbocycles. The van der Waals surface area contributed by atoms with Crippen LogP contribution in [0.5, 0.6) is 11.5 Å². The van der Waals surface area contributed by atoms with Gasteiger partial charge in [0, 0.05) is 6.54 Å². The quantitative estimate of drug-likeness (QED) is 0.857. The molecule has 0 amide bonds. The first kappa shape index (κ1) is 10.7. The Morgan fingerprint density at radius 3 is 3.07 bits per heavy atom. The van der Waals surface area contributed by atoms with Crippen LogP contribution in [0.2, 0.25) is 0 Å². The summed E-state index contributed by atoms with van der Waals surface area (Å²) in [5, 5.41) is 0. The van der Waals surface area contributed by atoms with Crippen molar-refractivity contribution in [2.75, 3.05) is 13.9 Å². The number of hydrogen-bond donors (Lipinski definition) is 1. The number of nitrogens with one attached hydrogen (secondary N) is 1. The van der Waals surface area contributed by atoms with E-state index in [1.165, 1.54) is 0 Å². The second-order valence-corrected chi connectivity index (χ2v) is 4.04. The van der Waals surface area contributed by atoms with E-state index >= 15 is 0 Å². The number of benzene rings is 1. The molecule has 1 N–H and O–H groups in total. The fourth-order valence-corrected chi connectivity index (χ4v) is 2.29. The molecular formula is C10H12BrNO3. The summed E-state index contributed by atoms with van der Waals surface area (Å²) in [6, 6.07) is 1.97. The van der Waals surface area contributed by atoms with E-state index in [0.717, 1.165) is 27.1 Å². The largest absolute Gasteiger partial charge is 0.454 e. The van der Waals surface area contributed by atoms with Gasteiger partial charge in [-0.25, -0.2) is 0 Å². The molecular weight excluding hydrogens is 262 g/mol. The van der Waals surface area contributed by atoms with E-state index in [0.29, 0.717) is 6.54 Å². The molecule has 0 atom stereocenters. The lowest BCUT2D eigenvalue weighted by Crippen LogP contribution is -2.12. The zero-order valence-corrected chi connectivity index (χ0v) is 10.2. The van der Waals surface area contributed by atoms with Crippen molar-refractivity contribution in [2.24, 2.45) is 0 Å². The van der Waals surface area contributed by atoms with Gasteiger partial charge in [-0.05, 0) is 40.0 Å². The molecule has 0 radical (unpaired) electrons. The standard InChI is InChI=1S/C10H12BrNO3/c1-6-3-8-10(15-5-14-8)9(11)7(6)4-12-13-2/h3,12H,4-5H2,1-2H3. The molecule has 1 aliphatic rings. The summed E-state index contributed by atoms with van der Waals surface area (Å²) in [4.78, 5) is 4.83. The number of fused-ring (bicyclic) bond motifs is 1. The molecule has 0 fully saturated rings. The van der Waals surface area contributed by atoms with Crippen LogP contribution in [0.15, 0.2) is 10.5 Å². The molecule has 0 aromatic heterocycles. The van der Waals surface area contributed by atoms with Crippen LogP contribution in [0.4, 0.5) is 0 Å². The lowest BCUT2D eigenvalue weighted by molar-refractivity contribution is 0.0864. The smallest absolute Gasteiger partial charge is 0.231 e. The predicted octanol–water partition coefficient (Wildman–Crippen LogP) is 2.14. The molecule has 4 nitrogen and oxygen atoms in total. The van der Waals surface area contributed by atoms with Crippen molar-refractivity contribution in [3.05, 3.63) is 21.7 Å². The lowest BCUT2D eigenvalue weighted by atomic mass is 10.1. The zero-order chi connectivity index (χ0) is 10.8. The van der Waals surface area contributed by atoms with E-state index in [9.17, 15) is 0 Å². The van der Waals surface area contributed by atoms with Gasteiger partial charge in [-0.15, -0.1) is 0 Å². The van der Waals surface area contributed by atoms with Crippen molar-refractivity contribution in [2.45, 2.75) is 13.5 Å². The van der Waals surface area contributed by atoms with Gasteiger partial charge in [0.25, 0.3) is 0 Å². The fourth-order valence-electron chi connectivity index (χ4n) is 1.52. The number of hydrogen-bond acceptors (Lipinski definition) is 4. The minimum Gasteiger partial charge on any atom is -0.454 e. The average molecular weight is 274 g/mol. The Morgan fingerprint density at radius 2 is 2.33 bits per heavy atom. The lowest BCUT2D eigenvalue weighted by Gasteiger charge is -2.11. The SMILES string of the molecule is CONCc1c(C)cc2c(c1Br)OCO2. The van der Waals surface area contributed by atoms with Crippen LogP contribution < -0.4 is 15.0 Å². The number of hydroxylamine groups is 1. The highest BCUT2D eigenvalue weighted by Crippen LogP contribution is 2.42. The van der Waals surface area contributed by atoms with E-state index in [1.54, 1.807) is 7.11 Å². The molecule has 0 spiro atoms. The summed E-state index contributed by atoms with van der Waals surface area (Å²) in [6.45, 7) is 2.94. The van der Waals surface area contributed by atoms with E-state index < -0.39 is 0 Å². The summed E-state index contributed by atoms with van der Waals surface area (Å²) >= 11 is 3.51. The Labute approximate surface area is 96.6 Å². The molecule has 0 saturated heterocycles. The second kappa shape index (κ2) is 4.38. The van der Waals surface area contributed by atoms with Gasteiger partial charge in [0.15, 0.2) is 11.5 Å². The number of aryl methyl sites for hydroxylation is 1. The highest BCUT2D eigenvalue weighted by atomic mass is 79.9. The van der Waals surface area contributed by atoms with E-state index in [2.05, 4.69) is 21.4 Å². The maximum Gasteiger partial charge on any atom is 0.231 e. The monoisotopic (exact) mass is 273 g/mol. The van der Waals surface area contributed by atoms with Crippen molar-refractivity contribution in [1.82, 2.24) is 5.48 Å². The van der Waals surface area contributed by atoms with Gasteiger partial charge in [-0.2, -0.15) is 5.48 Å². The third-order valence-electron chi connectivity index (χ3n) is 2.32. The fraction of sp³-hybridized carbons (Fsp3) is 0.400. The van der Waals surface area contributed by atoms with Crippen molar-refractivity contribution in [3.63, 3.8) is 0 Å². The number of halogens is 1. The van der Waals surface area contributed by atoms with Gasteiger partial charge in [0.2, 0.25) is 6.79 Å². The van der Waals surface area contributed by atoms with Gasteiger partial charge in [-0.1, -0.05) is 0 Å². The molecule has 2 rings (SSSR count). The molecule has 15 heavy (non-hydrogen) atoms.